The van der Waals surface area contributed by atoms with Gasteiger partial charge < -0.3 is 15.5 Å². The third-order valence-electron chi connectivity index (χ3n) is 4.54. The van der Waals surface area contributed by atoms with Gasteiger partial charge in [-0.2, -0.15) is 0 Å². The zero-order chi connectivity index (χ0) is 14.7. The minimum atomic E-state index is 0.0922. The molecule has 6 heteroatoms. The second-order valence-electron chi connectivity index (χ2n) is 6.05. The molecule has 0 aromatic carbocycles. The number of carbonyl (C=O) groups excluding carboxylic acids is 1. The number of hydrogen-bond acceptors (Lipinski definition) is 5. The van der Waals surface area contributed by atoms with Gasteiger partial charge in [0, 0.05) is 37.4 Å². The van der Waals surface area contributed by atoms with Crippen molar-refractivity contribution < 1.29 is 4.79 Å². The molecule has 21 heavy (non-hydrogen) atoms. The highest BCUT2D eigenvalue weighted by atomic mass is 16.2. The second kappa shape index (κ2) is 6.39. The Kier molecular flexibility index (Phi) is 4.34. The Morgan fingerprint density at radius 1 is 1.43 bits per heavy atom. The molecule has 2 unspecified atom stereocenters. The molecule has 0 saturated carbocycles. The first-order valence-corrected chi connectivity index (χ1v) is 7.77. The van der Waals surface area contributed by atoms with Crippen molar-refractivity contribution in [3.05, 3.63) is 18.5 Å². The summed E-state index contributed by atoms with van der Waals surface area (Å²) >= 11 is 0. The molecule has 2 saturated heterocycles. The van der Waals surface area contributed by atoms with E-state index in [-0.39, 0.29) is 17.9 Å². The molecule has 2 fully saturated rings. The maximum atomic E-state index is 12.3. The van der Waals surface area contributed by atoms with Crippen LogP contribution in [0.5, 0.6) is 0 Å². The lowest BCUT2D eigenvalue weighted by molar-refractivity contribution is -0.127. The van der Waals surface area contributed by atoms with Crippen molar-refractivity contribution in [2.24, 2.45) is 11.8 Å². The van der Waals surface area contributed by atoms with Gasteiger partial charge in [-0.1, -0.05) is 6.92 Å². The quantitative estimate of drug-likeness (QED) is 0.840. The summed E-state index contributed by atoms with van der Waals surface area (Å²) in [6.45, 7) is 5.71. The van der Waals surface area contributed by atoms with E-state index in [1.807, 2.05) is 13.0 Å². The van der Waals surface area contributed by atoms with E-state index in [2.05, 4.69) is 25.5 Å². The number of nitrogens with one attached hydrogen (secondary N) is 2. The number of hydrogen-bond donors (Lipinski definition) is 2. The van der Waals surface area contributed by atoms with Crippen molar-refractivity contribution >= 4 is 11.9 Å². The molecule has 2 N–H and O–H groups in total. The highest BCUT2D eigenvalue weighted by Gasteiger charge is 2.31. The molecule has 1 amide bonds. The second-order valence-corrected chi connectivity index (χ2v) is 6.05. The van der Waals surface area contributed by atoms with Gasteiger partial charge in [0.2, 0.25) is 11.9 Å². The maximum Gasteiger partial charge on any atom is 0.225 e. The van der Waals surface area contributed by atoms with Gasteiger partial charge in [0.1, 0.15) is 0 Å². The number of amides is 1. The molecule has 6 nitrogen and oxygen atoms in total. The van der Waals surface area contributed by atoms with Gasteiger partial charge >= 0.3 is 0 Å². The molecule has 0 bridgehead atoms. The van der Waals surface area contributed by atoms with Gasteiger partial charge in [-0.25, -0.2) is 9.97 Å². The van der Waals surface area contributed by atoms with Gasteiger partial charge in [-0.05, 0) is 37.9 Å². The fourth-order valence-electron chi connectivity index (χ4n) is 2.94. The molecule has 0 aliphatic carbocycles. The fourth-order valence-corrected chi connectivity index (χ4v) is 2.94. The van der Waals surface area contributed by atoms with Crippen molar-refractivity contribution in [3.8, 4) is 0 Å². The number of aromatic nitrogens is 2. The first-order valence-electron chi connectivity index (χ1n) is 7.77. The largest absolute Gasteiger partial charge is 0.351 e. The molecule has 114 valence electrons. The first kappa shape index (κ1) is 14.3. The van der Waals surface area contributed by atoms with Crippen LogP contribution in [0, 0.1) is 11.8 Å². The molecule has 1 aromatic rings. The smallest absolute Gasteiger partial charge is 0.225 e. The van der Waals surface area contributed by atoms with Crippen LogP contribution in [0.1, 0.15) is 19.8 Å². The average Bonchev–Trinajstić information content (AvgIpc) is 2.46. The Morgan fingerprint density at radius 3 is 2.86 bits per heavy atom. The SMILES string of the molecule is CC(C(=O)NC1CCCN(c2ncccn2)C1)C1CNC1. The lowest BCUT2D eigenvalue weighted by atomic mass is 9.88. The summed E-state index contributed by atoms with van der Waals surface area (Å²) in [6.07, 6.45) is 5.61. The summed E-state index contributed by atoms with van der Waals surface area (Å²) in [5, 5.41) is 6.43. The van der Waals surface area contributed by atoms with Crippen LogP contribution in [0.4, 0.5) is 5.95 Å². The minimum absolute atomic E-state index is 0.0922. The highest BCUT2D eigenvalue weighted by molar-refractivity contribution is 5.79. The zero-order valence-electron chi connectivity index (χ0n) is 12.5. The van der Waals surface area contributed by atoms with Crippen LogP contribution >= 0.6 is 0 Å². The van der Waals surface area contributed by atoms with Crippen molar-refractivity contribution in [3.63, 3.8) is 0 Å². The Morgan fingerprint density at radius 2 is 2.19 bits per heavy atom. The van der Waals surface area contributed by atoms with E-state index in [0.29, 0.717) is 5.92 Å². The van der Waals surface area contributed by atoms with E-state index < -0.39 is 0 Å². The van der Waals surface area contributed by atoms with E-state index >= 15 is 0 Å². The summed E-state index contributed by atoms with van der Waals surface area (Å²) in [6, 6.07) is 2.02. The molecule has 0 spiro atoms. The van der Waals surface area contributed by atoms with Crippen molar-refractivity contribution in [1.29, 1.82) is 0 Å². The zero-order valence-corrected chi connectivity index (χ0v) is 12.5. The first-order chi connectivity index (χ1) is 10.2. The topological polar surface area (TPSA) is 70.2 Å². The Balaban J connectivity index is 1.55. The molecule has 0 radical (unpaired) electrons. The minimum Gasteiger partial charge on any atom is -0.351 e. The average molecular weight is 289 g/mol. The summed E-state index contributed by atoms with van der Waals surface area (Å²) in [5.74, 6) is 1.52. The Bertz CT molecular complexity index is 476. The van der Waals surface area contributed by atoms with E-state index in [1.54, 1.807) is 12.4 Å². The van der Waals surface area contributed by atoms with Crippen LogP contribution in [0.2, 0.25) is 0 Å². The Hall–Kier alpha value is -1.69. The molecule has 3 heterocycles. The molecular formula is C15H23N5O. The van der Waals surface area contributed by atoms with Crippen molar-refractivity contribution in [1.82, 2.24) is 20.6 Å². The molecule has 2 aliphatic rings. The van der Waals surface area contributed by atoms with Crippen LogP contribution in [0.25, 0.3) is 0 Å². The van der Waals surface area contributed by atoms with Gasteiger partial charge in [-0.3, -0.25) is 4.79 Å². The molecule has 1 aromatic heterocycles. The molecule has 2 atom stereocenters. The van der Waals surface area contributed by atoms with Crippen LogP contribution < -0.4 is 15.5 Å². The van der Waals surface area contributed by atoms with E-state index in [0.717, 1.165) is 45.0 Å². The summed E-state index contributed by atoms with van der Waals surface area (Å²) in [7, 11) is 0. The Labute approximate surface area is 125 Å². The van der Waals surface area contributed by atoms with E-state index in [4.69, 9.17) is 0 Å². The number of nitrogens with zero attached hydrogens (tertiary/aromatic N) is 3. The fraction of sp³-hybridized carbons (Fsp3) is 0.667. The van der Waals surface area contributed by atoms with Crippen LogP contribution in [0.3, 0.4) is 0 Å². The maximum absolute atomic E-state index is 12.3. The predicted molar refractivity (Wildman–Crippen MR) is 80.9 cm³/mol. The summed E-state index contributed by atoms with van der Waals surface area (Å²) in [5.41, 5.74) is 0. The number of anilines is 1. The summed E-state index contributed by atoms with van der Waals surface area (Å²) in [4.78, 5) is 23.0. The van der Waals surface area contributed by atoms with Crippen LogP contribution in [-0.2, 0) is 4.79 Å². The molecular weight excluding hydrogens is 266 g/mol. The van der Waals surface area contributed by atoms with Gasteiger partial charge in [0.25, 0.3) is 0 Å². The van der Waals surface area contributed by atoms with E-state index in [9.17, 15) is 4.79 Å². The lowest BCUT2D eigenvalue weighted by Gasteiger charge is -2.36. The van der Waals surface area contributed by atoms with Gasteiger partial charge in [0.15, 0.2) is 0 Å². The van der Waals surface area contributed by atoms with Gasteiger partial charge in [-0.15, -0.1) is 0 Å². The van der Waals surface area contributed by atoms with Crippen molar-refractivity contribution in [2.45, 2.75) is 25.8 Å². The van der Waals surface area contributed by atoms with Gasteiger partial charge in [0.05, 0.1) is 0 Å². The lowest BCUT2D eigenvalue weighted by Crippen LogP contribution is -2.53. The normalized spacial score (nSPS) is 24.2. The number of rotatable bonds is 4. The van der Waals surface area contributed by atoms with Crippen LogP contribution in [0.15, 0.2) is 18.5 Å². The van der Waals surface area contributed by atoms with Crippen molar-refractivity contribution in [2.75, 3.05) is 31.1 Å². The highest BCUT2D eigenvalue weighted by Crippen LogP contribution is 2.18. The van der Waals surface area contributed by atoms with Crippen LogP contribution in [-0.4, -0.2) is 48.1 Å². The van der Waals surface area contributed by atoms with E-state index in [1.165, 1.54) is 0 Å². The third kappa shape index (κ3) is 3.32. The molecule has 2 aliphatic heterocycles. The third-order valence-corrected chi connectivity index (χ3v) is 4.54. The predicted octanol–water partition coefficient (Wildman–Crippen LogP) is 0.417. The molecule has 3 rings (SSSR count). The monoisotopic (exact) mass is 289 g/mol. The number of carbonyl (C=O) groups is 1. The summed E-state index contributed by atoms with van der Waals surface area (Å²) < 4.78 is 0. The number of piperidine rings is 1. The standard InChI is InChI=1S/C15H23N5O/c1-11(12-8-16-9-12)14(21)19-13-4-2-7-20(10-13)15-17-5-3-6-18-15/h3,5-6,11-13,16H,2,4,7-10H2,1H3,(H,19,21).